The number of hydrogen-bond donors (Lipinski definition) is 2. The van der Waals surface area contributed by atoms with Crippen LogP contribution in [0.4, 0.5) is 5.69 Å². The van der Waals surface area contributed by atoms with E-state index in [9.17, 15) is 4.79 Å². The van der Waals surface area contributed by atoms with E-state index in [-0.39, 0.29) is 11.8 Å². The molecule has 0 unspecified atom stereocenters. The lowest BCUT2D eigenvalue weighted by atomic mass is 10.0. The number of nitrogens with one attached hydrogen (secondary N) is 1. The first kappa shape index (κ1) is 12.6. The maximum Gasteiger partial charge on any atom is 0.241 e. The zero-order valence-corrected chi connectivity index (χ0v) is 10.2. The van der Waals surface area contributed by atoms with Crippen molar-refractivity contribution in [2.75, 3.05) is 5.32 Å². The molecule has 1 heterocycles. The number of hydrogen-bond acceptors (Lipinski definition) is 3. The summed E-state index contributed by atoms with van der Waals surface area (Å²) in [6, 6.07) is 3.23. The summed E-state index contributed by atoms with van der Waals surface area (Å²) in [5, 5.41) is 2.79. The SMILES string of the molecule is Cc1ccc(NC(=O)[C@@H](N)C(C)C)c(C)n1. The molecule has 4 heteroatoms. The molecule has 0 saturated carbocycles. The van der Waals surface area contributed by atoms with Gasteiger partial charge in [-0.25, -0.2) is 0 Å². The van der Waals surface area contributed by atoms with Crippen LogP contribution in [0.15, 0.2) is 12.1 Å². The van der Waals surface area contributed by atoms with Crippen LogP contribution in [0.3, 0.4) is 0 Å². The molecule has 1 aromatic heterocycles. The van der Waals surface area contributed by atoms with Gasteiger partial charge in [-0.1, -0.05) is 13.8 Å². The van der Waals surface area contributed by atoms with E-state index in [1.54, 1.807) is 0 Å². The molecule has 1 rings (SSSR count). The maximum atomic E-state index is 11.7. The molecule has 0 aliphatic carbocycles. The van der Waals surface area contributed by atoms with Crippen molar-refractivity contribution in [1.82, 2.24) is 4.98 Å². The first-order chi connectivity index (χ1) is 7.41. The Bertz CT molecular complexity index is 388. The van der Waals surface area contributed by atoms with E-state index in [0.29, 0.717) is 0 Å². The fraction of sp³-hybridized carbons (Fsp3) is 0.500. The molecule has 3 N–H and O–H groups in total. The molecule has 88 valence electrons. The lowest BCUT2D eigenvalue weighted by molar-refractivity contribution is -0.118. The molecule has 4 nitrogen and oxygen atoms in total. The Morgan fingerprint density at radius 1 is 1.38 bits per heavy atom. The first-order valence-corrected chi connectivity index (χ1v) is 5.42. The van der Waals surface area contributed by atoms with Gasteiger partial charge >= 0.3 is 0 Å². The third-order valence-corrected chi connectivity index (χ3v) is 2.50. The molecule has 0 saturated heterocycles. The maximum absolute atomic E-state index is 11.7. The third-order valence-electron chi connectivity index (χ3n) is 2.50. The summed E-state index contributed by atoms with van der Waals surface area (Å²) in [6.45, 7) is 7.62. The Hall–Kier alpha value is -1.42. The van der Waals surface area contributed by atoms with E-state index < -0.39 is 6.04 Å². The topological polar surface area (TPSA) is 68.0 Å². The molecule has 0 aliphatic heterocycles. The number of aryl methyl sites for hydroxylation is 2. The van der Waals surface area contributed by atoms with Crippen LogP contribution in [0.25, 0.3) is 0 Å². The third kappa shape index (κ3) is 3.03. The predicted molar refractivity (Wildman–Crippen MR) is 65.2 cm³/mol. The largest absolute Gasteiger partial charge is 0.323 e. The predicted octanol–water partition coefficient (Wildman–Crippen LogP) is 1.62. The number of amides is 1. The molecular formula is C12H19N3O. The molecule has 0 fully saturated rings. The summed E-state index contributed by atoms with van der Waals surface area (Å²) in [6.07, 6.45) is 0. The van der Waals surface area contributed by atoms with Crippen LogP contribution in [0, 0.1) is 19.8 Å². The molecule has 0 aliphatic rings. The van der Waals surface area contributed by atoms with Crippen LogP contribution in [-0.4, -0.2) is 16.9 Å². The zero-order chi connectivity index (χ0) is 12.3. The van der Waals surface area contributed by atoms with E-state index in [1.165, 1.54) is 0 Å². The van der Waals surface area contributed by atoms with E-state index in [1.807, 2.05) is 39.8 Å². The number of rotatable bonds is 3. The number of anilines is 1. The minimum Gasteiger partial charge on any atom is -0.323 e. The highest BCUT2D eigenvalue weighted by Crippen LogP contribution is 2.13. The van der Waals surface area contributed by atoms with Crippen molar-refractivity contribution < 1.29 is 4.79 Å². The normalized spacial score (nSPS) is 12.6. The fourth-order valence-electron chi connectivity index (χ4n) is 1.34. The Labute approximate surface area is 96.3 Å². The Morgan fingerprint density at radius 2 is 2.00 bits per heavy atom. The summed E-state index contributed by atoms with van der Waals surface area (Å²) in [7, 11) is 0. The van der Waals surface area contributed by atoms with Crippen molar-refractivity contribution in [3.63, 3.8) is 0 Å². The van der Waals surface area contributed by atoms with Crippen molar-refractivity contribution in [1.29, 1.82) is 0 Å². The molecule has 16 heavy (non-hydrogen) atoms. The standard InChI is InChI=1S/C12H19N3O/c1-7(2)11(13)12(16)15-10-6-5-8(3)14-9(10)4/h5-7,11H,13H2,1-4H3,(H,15,16)/t11-/m0/s1. The number of pyridine rings is 1. The summed E-state index contributed by atoms with van der Waals surface area (Å²) in [4.78, 5) is 16.0. The first-order valence-electron chi connectivity index (χ1n) is 5.42. The molecule has 0 radical (unpaired) electrons. The van der Waals surface area contributed by atoms with E-state index in [4.69, 9.17) is 5.73 Å². The second-order valence-corrected chi connectivity index (χ2v) is 4.34. The van der Waals surface area contributed by atoms with Crippen LogP contribution in [0.5, 0.6) is 0 Å². The van der Waals surface area contributed by atoms with Gasteiger partial charge in [-0.2, -0.15) is 0 Å². The zero-order valence-electron chi connectivity index (χ0n) is 10.2. The van der Waals surface area contributed by atoms with Crippen LogP contribution >= 0.6 is 0 Å². The average Bonchev–Trinajstić information content (AvgIpc) is 2.20. The van der Waals surface area contributed by atoms with Gasteiger partial charge in [0.25, 0.3) is 0 Å². The Balaban J connectivity index is 2.77. The fourth-order valence-corrected chi connectivity index (χ4v) is 1.34. The molecule has 0 bridgehead atoms. The van der Waals surface area contributed by atoms with E-state index in [2.05, 4.69) is 10.3 Å². The summed E-state index contributed by atoms with van der Waals surface area (Å²) < 4.78 is 0. The van der Waals surface area contributed by atoms with Gasteiger partial charge in [0.2, 0.25) is 5.91 Å². The van der Waals surface area contributed by atoms with Crippen LogP contribution in [-0.2, 0) is 4.79 Å². The van der Waals surface area contributed by atoms with E-state index in [0.717, 1.165) is 17.1 Å². The molecule has 1 atom stereocenters. The monoisotopic (exact) mass is 221 g/mol. The highest BCUT2D eigenvalue weighted by Gasteiger charge is 2.17. The highest BCUT2D eigenvalue weighted by molar-refractivity contribution is 5.95. The van der Waals surface area contributed by atoms with Gasteiger partial charge in [0.1, 0.15) is 0 Å². The highest BCUT2D eigenvalue weighted by atomic mass is 16.2. The number of carbonyl (C=O) groups excluding carboxylic acids is 1. The van der Waals surface area contributed by atoms with Crippen LogP contribution in [0.2, 0.25) is 0 Å². The van der Waals surface area contributed by atoms with Crippen molar-refractivity contribution >= 4 is 11.6 Å². The summed E-state index contributed by atoms with van der Waals surface area (Å²) in [5.74, 6) is -0.0394. The van der Waals surface area contributed by atoms with Gasteiger partial charge in [-0.05, 0) is 31.9 Å². The quantitative estimate of drug-likeness (QED) is 0.815. The Morgan fingerprint density at radius 3 is 2.50 bits per heavy atom. The van der Waals surface area contributed by atoms with Gasteiger partial charge < -0.3 is 11.1 Å². The number of carbonyl (C=O) groups is 1. The van der Waals surface area contributed by atoms with Crippen molar-refractivity contribution in [2.45, 2.75) is 33.7 Å². The van der Waals surface area contributed by atoms with E-state index >= 15 is 0 Å². The smallest absolute Gasteiger partial charge is 0.241 e. The lowest BCUT2D eigenvalue weighted by Gasteiger charge is -2.16. The second-order valence-electron chi connectivity index (χ2n) is 4.34. The molecule has 0 aromatic carbocycles. The lowest BCUT2D eigenvalue weighted by Crippen LogP contribution is -2.39. The molecular weight excluding hydrogens is 202 g/mol. The number of nitrogens with zero attached hydrogens (tertiary/aromatic N) is 1. The van der Waals surface area contributed by atoms with Crippen molar-refractivity contribution in [3.05, 3.63) is 23.5 Å². The number of nitrogens with two attached hydrogens (primary N) is 1. The number of aromatic nitrogens is 1. The van der Waals surface area contributed by atoms with Crippen LogP contribution < -0.4 is 11.1 Å². The Kier molecular flexibility index (Phi) is 4.01. The van der Waals surface area contributed by atoms with Crippen molar-refractivity contribution in [2.24, 2.45) is 11.7 Å². The van der Waals surface area contributed by atoms with Crippen molar-refractivity contribution in [3.8, 4) is 0 Å². The summed E-state index contributed by atoms with van der Waals surface area (Å²) >= 11 is 0. The molecule has 0 spiro atoms. The van der Waals surface area contributed by atoms with Gasteiger partial charge in [0.15, 0.2) is 0 Å². The minimum absolute atomic E-state index is 0.124. The summed E-state index contributed by atoms with van der Waals surface area (Å²) in [5.41, 5.74) is 8.23. The van der Waals surface area contributed by atoms with Crippen LogP contribution in [0.1, 0.15) is 25.2 Å². The van der Waals surface area contributed by atoms with Gasteiger partial charge in [0.05, 0.1) is 17.4 Å². The second kappa shape index (κ2) is 5.07. The van der Waals surface area contributed by atoms with Gasteiger partial charge in [0, 0.05) is 5.69 Å². The average molecular weight is 221 g/mol. The molecule has 1 aromatic rings. The van der Waals surface area contributed by atoms with Gasteiger partial charge in [-0.15, -0.1) is 0 Å². The minimum atomic E-state index is -0.485. The van der Waals surface area contributed by atoms with Gasteiger partial charge in [-0.3, -0.25) is 9.78 Å². The molecule has 1 amide bonds.